The van der Waals surface area contributed by atoms with Gasteiger partial charge in [-0.05, 0) is 0 Å². The fourth-order valence-corrected chi connectivity index (χ4v) is 1.13. The molecule has 0 amide bonds. The van der Waals surface area contributed by atoms with Gasteiger partial charge in [-0.2, -0.15) is 0 Å². The molecule has 4 nitrogen and oxygen atoms in total. The number of rotatable bonds is 0. The van der Waals surface area contributed by atoms with E-state index in [-0.39, 0.29) is 5.92 Å². The molecule has 0 bridgehead atoms. The minimum Gasteiger partial charge on any atom is -0.382 e. The predicted octanol–water partition coefficient (Wildman–Crippen LogP) is 0.878. The van der Waals surface area contributed by atoms with Crippen LogP contribution in [0.3, 0.4) is 0 Å². The van der Waals surface area contributed by atoms with E-state index >= 15 is 0 Å². The van der Waals surface area contributed by atoms with Gasteiger partial charge in [-0.15, -0.1) is 0 Å². The number of aliphatic imine (C=N–C) groups is 1. The molecule has 0 aliphatic carbocycles. The topological polar surface area (TPSA) is 64.2 Å². The molecule has 1 atom stereocenters. The summed E-state index contributed by atoms with van der Waals surface area (Å²) in [6.07, 6.45) is 3.30. The van der Waals surface area contributed by atoms with Gasteiger partial charge in [0.15, 0.2) is 5.82 Å². The summed E-state index contributed by atoms with van der Waals surface area (Å²) in [7, 11) is 0. The molecule has 2 heterocycles. The van der Waals surface area contributed by atoms with E-state index in [0.29, 0.717) is 5.82 Å². The minimum absolute atomic E-state index is 0.273. The van der Waals surface area contributed by atoms with Crippen molar-refractivity contribution in [1.82, 2.24) is 9.97 Å². The Morgan fingerprint density at radius 2 is 2.27 bits per heavy atom. The van der Waals surface area contributed by atoms with Crippen molar-refractivity contribution in [2.75, 3.05) is 5.73 Å². The second-order valence-corrected chi connectivity index (χ2v) is 2.56. The highest BCUT2D eigenvalue weighted by Crippen LogP contribution is 2.32. The number of hydrogen-bond acceptors (Lipinski definition) is 4. The minimum atomic E-state index is 0.273. The Labute approximate surface area is 64.2 Å². The number of anilines is 1. The molecule has 0 radical (unpaired) electrons. The molecule has 0 fully saturated rings. The van der Waals surface area contributed by atoms with Crippen LogP contribution >= 0.6 is 0 Å². The second kappa shape index (κ2) is 2.02. The molecular weight excluding hydrogens is 140 g/mol. The van der Waals surface area contributed by atoms with Crippen LogP contribution in [0.15, 0.2) is 11.3 Å². The highest BCUT2D eigenvalue weighted by Gasteiger charge is 2.18. The summed E-state index contributed by atoms with van der Waals surface area (Å²) in [4.78, 5) is 12.0. The maximum atomic E-state index is 5.57. The number of fused-ring (bicyclic) bond motifs is 1. The zero-order valence-electron chi connectivity index (χ0n) is 6.15. The third-order valence-electron chi connectivity index (χ3n) is 1.74. The molecule has 0 spiro atoms. The first kappa shape index (κ1) is 6.27. The summed E-state index contributed by atoms with van der Waals surface area (Å²) in [5.74, 6) is 0.742. The third-order valence-corrected chi connectivity index (χ3v) is 1.74. The summed E-state index contributed by atoms with van der Waals surface area (Å²) in [6.45, 7) is 2.03. The van der Waals surface area contributed by atoms with Gasteiger partial charge in [0.1, 0.15) is 12.0 Å². The Balaban J connectivity index is 2.65. The summed E-state index contributed by atoms with van der Waals surface area (Å²) in [5, 5.41) is 0. The van der Waals surface area contributed by atoms with Gasteiger partial charge in [-0.3, -0.25) is 4.99 Å². The van der Waals surface area contributed by atoms with E-state index in [1.54, 1.807) is 0 Å². The van der Waals surface area contributed by atoms with Crippen molar-refractivity contribution in [2.45, 2.75) is 12.8 Å². The lowest BCUT2D eigenvalue weighted by molar-refractivity contribution is 0.974. The Kier molecular flexibility index (Phi) is 1.15. The standard InChI is InChI=1S/C7H8N4/c1-4-2-9-6-5(4)10-3-11-7(6)8/h2-4H,1H3,(H2,8,10,11). The summed E-state index contributed by atoms with van der Waals surface area (Å²) < 4.78 is 0. The van der Waals surface area contributed by atoms with Crippen molar-refractivity contribution in [3.05, 3.63) is 12.0 Å². The number of aromatic nitrogens is 2. The van der Waals surface area contributed by atoms with Crippen LogP contribution < -0.4 is 5.73 Å². The van der Waals surface area contributed by atoms with Crippen molar-refractivity contribution in [3.63, 3.8) is 0 Å². The zero-order valence-corrected chi connectivity index (χ0v) is 6.15. The summed E-state index contributed by atoms with van der Waals surface area (Å²) in [6, 6.07) is 0. The monoisotopic (exact) mass is 148 g/mol. The highest BCUT2D eigenvalue weighted by atomic mass is 15.0. The highest BCUT2D eigenvalue weighted by molar-refractivity contribution is 5.82. The van der Waals surface area contributed by atoms with Crippen molar-refractivity contribution >= 4 is 17.7 Å². The third kappa shape index (κ3) is 0.790. The van der Waals surface area contributed by atoms with E-state index in [9.17, 15) is 0 Å². The van der Waals surface area contributed by atoms with Crippen molar-refractivity contribution in [2.24, 2.45) is 4.99 Å². The van der Waals surface area contributed by atoms with E-state index in [0.717, 1.165) is 11.4 Å². The fraction of sp³-hybridized carbons (Fsp3) is 0.286. The molecule has 2 rings (SSSR count). The molecule has 0 aromatic carbocycles. The molecular formula is C7H8N4. The van der Waals surface area contributed by atoms with Crippen LogP contribution in [0.2, 0.25) is 0 Å². The van der Waals surface area contributed by atoms with Gasteiger partial charge >= 0.3 is 0 Å². The normalized spacial score (nSPS) is 20.3. The van der Waals surface area contributed by atoms with E-state index in [1.165, 1.54) is 6.33 Å². The molecule has 2 N–H and O–H groups in total. The van der Waals surface area contributed by atoms with Gasteiger partial charge in [-0.25, -0.2) is 9.97 Å². The number of hydrogen-bond donors (Lipinski definition) is 1. The average Bonchev–Trinajstić information content (AvgIpc) is 2.35. The first-order valence-electron chi connectivity index (χ1n) is 3.43. The maximum absolute atomic E-state index is 5.57. The lowest BCUT2D eigenvalue weighted by atomic mass is 10.1. The molecule has 1 aromatic heterocycles. The first-order chi connectivity index (χ1) is 5.29. The Bertz CT molecular complexity index is 318. The Morgan fingerprint density at radius 3 is 3.00 bits per heavy atom. The van der Waals surface area contributed by atoms with Crippen LogP contribution in [0.25, 0.3) is 0 Å². The Morgan fingerprint density at radius 1 is 1.45 bits per heavy atom. The largest absolute Gasteiger partial charge is 0.382 e. The van der Waals surface area contributed by atoms with Crippen LogP contribution in [0.1, 0.15) is 18.5 Å². The van der Waals surface area contributed by atoms with Gasteiger partial charge in [0.05, 0.1) is 5.69 Å². The van der Waals surface area contributed by atoms with Crippen LogP contribution in [0.5, 0.6) is 0 Å². The molecule has 56 valence electrons. The molecule has 1 aromatic rings. The average molecular weight is 148 g/mol. The summed E-state index contributed by atoms with van der Waals surface area (Å²) >= 11 is 0. The van der Waals surface area contributed by atoms with E-state index < -0.39 is 0 Å². The van der Waals surface area contributed by atoms with Crippen molar-refractivity contribution < 1.29 is 0 Å². The smallest absolute Gasteiger partial charge is 0.153 e. The zero-order chi connectivity index (χ0) is 7.84. The van der Waals surface area contributed by atoms with Gasteiger partial charge in [0.25, 0.3) is 0 Å². The van der Waals surface area contributed by atoms with E-state index in [1.807, 2.05) is 13.1 Å². The predicted molar refractivity (Wildman–Crippen MR) is 43.0 cm³/mol. The molecule has 11 heavy (non-hydrogen) atoms. The fourth-order valence-electron chi connectivity index (χ4n) is 1.13. The number of nitrogens with zero attached hydrogens (tertiary/aromatic N) is 3. The number of nitrogen functional groups attached to an aromatic ring is 1. The van der Waals surface area contributed by atoms with Crippen molar-refractivity contribution in [1.29, 1.82) is 0 Å². The maximum Gasteiger partial charge on any atom is 0.153 e. The van der Waals surface area contributed by atoms with Crippen LogP contribution in [0.4, 0.5) is 11.5 Å². The molecule has 4 heteroatoms. The molecule has 1 aliphatic rings. The van der Waals surface area contributed by atoms with Crippen LogP contribution in [0, 0.1) is 0 Å². The van der Waals surface area contributed by atoms with Crippen molar-refractivity contribution in [3.8, 4) is 0 Å². The molecule has 0 saturated carbocycles. The van der Waals surface area contributed by atoms with Gasteiger partial charge in [-0.1, -0.05) is 6.92 Å². The van der Waals surface area contributed by atoms with Gasteiger partial charge < -0.3 is 5.73 Å². The lowest BCUT2D eigenvalue weighted by Gasteiger charge is -2.00. The summed E-state index contributed by atoms with van der Waals surface area (Å²) in [5.41, 5.74) is 7.23. The first-order valence-corrected chi connectivity index (χ1v) is 3.43. The molecule has 1 unspecified atom stereocenters. The lowest BCUT2D eigenvalue weighted by Crippen LogP contribution is -1.96. The van der Waals surface area contributed by atoms with Gasteiger partial charge in [0, 0.05) is 12.1 Å². The molecule has 1 aliphatic heterocycles. The second-order valence-electron chi connectivity index (χ2n) is 2.56. The van der Waals surface area contributed by atoms with E-state index in [4.69, 9.17) is 5.73 Å². The Hall–Kier alpha value is -1.45. The SMILES string of the molecule is CC1C=Nc2c(N)ncnc21. The molecule has 0 saturated heterocycles. The van der Waals surface area contributed by atoms with E-state index in [2.05, 4.69) is 15.0 Å². The van der Waals surface area contributed by atoms with Crippen LogP contribution in [-0.4, -0.2) is 16.2 Å². The quantitative estimate of drug-likeness (QED) is 0.594. The number of nitrogens with two attached hydrogens (primary N) is 1. The van der Waals surface area contributed by atoms with Gasteiger partial charge in [0.2, 0.25) is 0 Å². The van der Waals surface area contributed by atoms with Crippen LogP contribution in [-0.2, 0) is 0 Å².